The van der Waals surface area contributed by atoms with E-state index in [0.717, 1.165) is 44.1 Å². The SMILES string of the molecule is CC(C)NC(=O)C1N(CCCCCCO)C(=O)[C@@H]2[C@H](C(=O)NCc3ccccc3)[C@@H]3CCC12S3. The minimum atomic E-state index is -0.535. The molecule has 1 spiro atoms. The molecule has 2 unspecified atom stereocenters. The zero-order valence-corrected chi connectivity index (χ0v) is 21.0. The van der Waals surface area contributed by atoms with E-state index < -0.39 is 22.6 Å². The predicted molar refractivity (Wildman–Crippen MR) is 133 cm³/mol. The van der Waals surface area contributed by atoms with Crippen LogP contribution in [-0.2, 0) is 20.9 Å². The molecule has 3 N–H and O–H groups in total. The molecule has 0 aromatic heterocycles. The molecule has 7 nitrogen and oxygen atoms in total. The zero-order valence-electron chi connectivity index (χ0n) is 20.2. The van der Waals surface area contributed by atoms with Crippen LogP contribution in [0.4, 0.5) is 0 Å². The molecule has 0 saturated carbocycles. The molecule has 5 atom stereocenters. The number of aliphatic hydroxyl groups is 1. The van der Waals surface area contributed by atoms with Gasteiger partial charge in [-0.25, -0.2) is 0 Å². The maximum atomic E-state index is 13.8. The third-order valence-electron chi connectivity index (χ3n) is 7.40. The maximum absolute atomic E-state index is 13.8. The van der Waals surface area contributed by atoms with E-state index in [9.17, 15) is 14.4 Å². The lowest BCUT2D eigenvalue weighted by Gasteiger charge is -2.34. The van der Waals surface area contributed by atoms with Crippen molar-refractivity contribution in [3.63, 3.8) is 0 Å². The van der Waals surface area contributed by atoms with Crippen molar-refractivity contribution >= 4 is 29.5 Å². The Morgan fingerprint density at radius 1 is 1.15 bits per heavy atom. The van der Waals surface area contributed by atoms with E-state index in [0.29, 0.717) is 13.1 Å². The van der Waals surface area contributed by atoms with Crippen LogP contribution in [0.2, 0.25) is 0 Å². The molecule has 0 aliphatic carbocycles. The van der Waals surface area contributed by atoms with E-state index in [4.69, 9.17) is 5.11 Å². The van der Waals surface area contributed by atoms with E-state index in [1.165, 1.54) is 0 Å². The average Bonchev–Trinajstić information content (AvgIpc) is 3.45. The molecule has 3 fully saturated rings. The van der Waals surface area contributed by atoms with Gasteiger partial charge in [0.15, 0.2) is 0 Å². The van der Waals surface area contributed by atoms with Crippen LogP contribution in [0.25, 0.3) is 0 Å². The van der Waals surface area contributed by atoms with Crippen LogP contribution < -0.4 is 10.6 Å². The Labute approximate surface area is 206 Å². The Morgan fingerprint density at radius 2 is 1.88 bits per heavy atom. The lowest BCUT2D eigenvalue weighted by molar-refractivity contribution is -0.140. The minimum Gasteiger partial charge on any atom is -0.396 e. The molecule has 3 amide bonds. The number of aliphatic hydroxyl groups excluding tert-OH is 1. The number of benzene rings is 1. The van der Waals surface area contributed by atoms with Crippen LogP contribution in [0.1, 0.15) is 57.9 Å². The van der Waals surface area contributed by atoms with Crippen LogP contribution >= 0.6 is 11.8 Å². The van der Waals surface area contributed by atoms with Gasteiger partial charge in [0.25, 0.3) is 0 Å². The Bertz CT molecular complexity index is 895. The standard InChI is InChI=1S/C26H37N3O4S/c1-17(2)28-24(32)22-26-13-12-19(34-26)20(23(31)27-16-18-10-6-5-7-11-18)21(26)25(33)29(22)14-8-3-4-9-15-30/h5-7,10-11,17,19-22,30H,3-4,8-9,12-16H2,1-2H3,(H,27,31)(H,28,32)/t19-,20+,21-,22?,26?/m0/s1. The summed E-state index contributed by atoms with van der Waals surface area (Å²) in [7, 11) is 0. The third kappa shape index (κ3) is 4.71. The smallest absolute Gasteiger partial charge is 0.244 e. The molecule has 2 bridgehead atoms. The fourth-order valence-corrected chi connectivity index (χ4v) is 8.23. The van der Waals surface area contributed by atoms with Gasteiger partial charge in [0.05, 0.1) is 16.6 Å². The second-order valence-corrected chi connectivity index (χ2v) is 11.7. The van der Waals surface area contributed by atoms with Crippen molar-refractivity contribution < 1.29 is 19.5 Å². The number of likely N-dealkylation sites (tertiary alicyclic amines) is 1. The molecule has 3 saturated heterocycles. The molecule has 4 rings (SSSR count). The highest BCUT2D eigenvalue weighted by atomic mass is 32.2. The van der Waals surface area contributed by atoms with Crippen LogP contribution in [0, 0.1) is 11.8 Å². The first-order valence-electron chi connectivity index (χ1n) is 12.6. The molecule has 1 aromatic rings. The van der Waals surface area contributed by atoms with Crippen molar-refractivity contribution in [1.29, 1.82) is 0 Å². The van der Waals surface area contributed by atoms with Crippen LogP contribution in [0.5, 0.6) is 0 Å². The van der Waals surface area contributed by atoms with Crippen molar-refractivity contribution in [3.8, 4) is 0 Å². The van der Waals surface area contributed by atoms with Gasteiger partial charge in [0, 0.05) is 31.0 Å². The molecule has 0 radical (unpaired) electrons. The van der Waals surface area contributed by atoms with Gasteiger partial charge in [-0.3, -0.25) is 14.4 Å². The Hall–Kier alpha value is -2.06. The van der Waals surface area contributed by atoms with Crippen molar-refractivity contribution in [2.45, 2.75) is 81.0 Å². The quantitative estimate of drug-likeness (QED) is 0.417. The number of unbranched alkanes of at least 4 members (excludes halogenated alkanes) is 3. The fraction of sp³-hybridized carbons (Fsp3) is 0.654. The van der Waals surface area contributed by atoms with Crippen LogP contribution in [0.15, 0.2) is 30.3 Å². The van der Waals surface area contributed by atoms with Gasteiger partial charge in [0.1, 0.15) is 6.04 Å². The largest absolute Gasteiger partial charge is 0.396 e. The van der Waals surface area contributed by atoms with Gasteiger partial charge in [-0.05, 0) is 45.1 Å². The van der Waals surface area contributed by atoms with E-state index in [2.05, 4.69) is 10.6 Å². The lowest BCUT2D eigenvalue weighted by Crippen LogP contribution is -2.54. The zero-order chi connectivity index (χ0) is 24.3. The molecule has 3 aliphatic heterocycles. The second kappa shape index (κ2) is 10.7. The molecule has 1 aromatic carbocycles. The highest BCUT2D eigenvalue weighted by Crippen LogP contribution is 2.66. The van der Waals surface area contributed by atoms with Gasteiger partial charge in [0.2, 0.25) is 17.7 Å². The van der Waals surface area contributed by atoms with Gasteiger partial charge < -0.3 is 20.6 Å². The number of thioether (sulfide) groups is 1. The van der Waals surface area contributed by atoms with E-state index >= 15 is 0 Å². The Balaban J connectivity index is 1.53. The van der Waals surface area contributed by atoms with Crippen molar-refractivity contribution in [2.24, 2.45) is 11.8 Å². The van der Waals surface area contributed by atoms with Gasteiger partial charge in [-0.1, -0.05) is 43.2 Å². The summed E-state index contributed by atoms with van der Waals surface area (Å²) >= 11 is 1.71. The number of amides is 3. The fourth-order valence-electron chi connectivity index (χ4n) is 6.01. The van der Waals surface area contributed by atoms with Gasteiger partial charge >= 0.3 is 0 Å². The summed E-state index contributed by atoms with van der Waals surface area (Å²) in [4.78, 5) is 42.3. The second-order valence-electron chi connectivity index (χ2n) is 10.1. The predicted octanol–water partition coefficient (Wildman–Crippen LogP) is 2.47. The minimum absolute atomic E-state index is 0.0157. The van der Waals surface area contributed by atoms with Crippen molar-refractivity contribution in [3.05, 3.63) is 35.9 Å². The topological polar surface area (TPSA) is 98.7 Å². The first-order chi connectivity index (χ1) is 16.4. The molecule has 34 heavy (non-hydrogen) atoms. The molecule has 186 valence electrons. The number of nitrogens with one attached hydrogen (secondary N) is 2. The molecular weight excluding hydrogens is 450 g/mol. The average molecular weight is 488 g/mol. The lowest BCUT2D eigenvalue weighted by atomic mass is 9.70. The summed E-state index contributed by atoms with van der Waals surface area (Å²) in [6, 6.07) is 9.23. The number of hydrogen-bond acceptors (Lipinski definition) is 5. The Kier molecular flexibility index (Phi) is 7.87. The summed E-state index contributed by atoms with van der Waals surface area (Å²) in [5.41, 5.74) is 1.03. The number of hydrogen-bond donors (Lipinski definition) is 3. The summed E-state index contributed by atoms with van der Waals surface area (Å²) in [6.45, 7) is 4.99. The Morgan fingerprint density at radius 3 is 2.59 bits per heavy atom. The molecule has 8 heteroatoms. The first-order valence-corrected chi connectivity index (χ1v) is 13.5. The number of carbonyl (C=O) groups excluding carboxylic acids is 3. The van der Waals surface area contributed by atoms with E-state index in [1.54, 1.807) is 16.7 Å². The van der Waals surface area contributed by atoms with Crippen LogP contribution in [0.3, 0.4) is 0 Å². The number of carbonyl (C=O) groups is 3. The number of rotatable bonds is 11. The molecule has 3 heterocycles. The van der Waals surface area contributed by atoms with Gasteiger partial charge in [-0.15, -0.1) is 11.8 Å². The third-order valence-corrected chi connectivity index (χ3v) is 9.35. The van der Waals surface area contributed by atoms with E-state index in [-0.39, 0.29) is 35.6 Å². The summed E-state index contributed by atoms with van der Waals surface area (Å²) in [5, 5.41) is 15.2. The number of fused-ring (bicyclic) bond motifs is 1. The van der Waals surface area contributed by atoms with Crippen molar-refractivity contribution in [1.82, 2.24) is 15.5 Å². The summed E-state index contributed by atoms with van der Waals surface area (Å²) < 4.78 is -0.527. The van der Waals surface area contributed by atoms with Crippen molar-refractivity contribution in [2.75, 3.05) is 13.2 Å². The highest BCUT2D eigenvalue weighted by molar-refractivity contribution is 8.02. The highest BCUT2D eigenvalue weighted by Gasteiger charge is 2.73. The summed E-state index contributed by atoms with van der Waals surface area (Å²) in [5.74, 6) is -1.06. The number of nitrogens with zero attached hydrogens (tertiary/aromatic N) is 1. The monoisotopic (exact) mass is 487 g/mol. The molecular formula is C26H37N3O4S. The normalized spacial score (nSPS) is 29.5. The van der Waals surface area contributed by atoms with Gasteiger partial charge in [-0.2, -0.15) is 0 Å². The summed E-state index contributed by atoms with van der Waals surface area (Å²) in [6.07, 6.45) is 4.98. The maximum Gasteiger partial charge on any atom is 0.244 e. The first kappa shape index (κ1) is 25.0. The molecule has 3 aliphatic rings. The van der Waals surface area contributed by atoms with Crippen LogP contribution in [-0.4, -0.2) is 63.0 Å². The van der Waals surface area contributed by atoms with E-state index in [1.807, 2.05) is 44.2 Å².